The summed E-state index contributed by atoms with van der Waals surface area (Å²) >= 11 is 0. The quantitative estimate of drug-likeness (QED) is 0.272. The fourth-order valence-corrected chi connectivity index (χ4v) is 3.62. The molecule has 0 aromatic rings. The Morgan fingerprint density at radius 2 is 1.36 bits per heavy atom. The average molecular weight is 400 g/mol. The molecule has 2 aliphatic rings. The van der Waals surface area contributed by atoms with E-state index in [4.69, 9.17) is 16.2 Å². The van der Waals surface area contributed by atoms with E-state index in [0.29, 0.717) is 6.10 Å². The van der Waals surface area contributed by atoms with E-state index >= 15 is 0 Å². The summed E-state index contributed by atoms with van der Waals surface area (Å²) in [6, 6.07) is 0. The lowest BCUT2D eigenvalue weighted by Gasteiger charge is -2.34. The lowest BCUT2D eigenvalue weighted by molar-refractivity contribution is 0.136. The first-order valence-electron chi connectivity index (χ1n) is 12.0. The molecule has 2 fully saturated rings. The number of hydrogen-bond acceptors (Lipinski definition) is 6. The maximum Gasteiger partial charge on any atom is 0.0810 e. The molecule has 1 unspecified atom stereocenters. The van der Waals surface area contributed by atoms with E-state index < -0.39 is 0 Å². The summed E-state index contributed by atoms with van der Waals surface area (Å²) in [5.74, 6) is 0. The molecule has 0 bridgehead atoms. The van der Waals surface area contributed by atoms with Crippen LogP contribution in [0, 0.1) is 0 Å². The van der Waals surface area contributed by atoms with Gasteiger partial charge in [0, 0.05) is 65.4 Å². The van der Waals surface area contributed by atoms with Crippen LogP contribution in [-0.2, 0) is 4.74 Å². The third-order valence-corrected chi connectivity index (χ3v) is 5.62. The Morgan fingerprint density at radius 3 is 1.89 bits per heavy atom. The van der Waals surface area contributed by atoms with Crippen LogP contribution in [0.15, 0.2) is 0 Å². The summed E-state index contributed by atoms with van der Waals surface area (Å²) in [5.41, 5.74) is 10.9. The molecule has 6 nitrogen and oxygen atoms in total. The fourth-order valence-electron chi connectivity index (χ4n) is 3.62. The van der Waals surface area contributed by atoms with Crippen LogP contribution >= 0.6 is 0 Å². The molecule has 0 amide bonds. The summed E-state index contributed by atoms with van der Waals surface area (Å²) in [6.45, 7) is 13.6. The summed E-state index contributed by atoms with van der Waals surface area (Å²) in [7, 11) is 0. The molecule has 2 aliphatic heterocycles. The van der Waals surface area contributed by atoms with E-state index in [9.17, 15) is 0 Å². The maximum absolute atomic E-state index is 5.53. The minimum absolute atomic E-state index is 0.653. The van der Waals surface area contributed by atoms with Gasteiger partial charge in [0.15, 0.2) is 0 Å². The molecular formula is C22H49N5O. The standard InChI is InChI=1S/C12H24O.C10H25N5/c1-2-3-4-5-6-7-8-9-10-12-11-13-12;11-1-3-13-4-6-15-9-7-14(5-2-12)8-10-15/h12H,2-11H2,1H3;13H,1-12H2. The monoisotopic (exact) mass is 399 g/mol. The Morgan fingerprint density at radius 1 is 0.786 bits per heavy atom. The van der Waals surface area contributed by atoms with E-state index in [0.717, 1.165) is 59.0 Å². The normalized spacial score (nSPS) is 20.0. The van der Waals surface area contributed by atoms with Gasteiger partial charge in [-0.05, 0) is 6.42 Å². The number of unbranched alkanes of at least 4 members (excludes halogenated alkanes) is 7. The Labute approximate surface area is 174 Å². The molecule has 168 valence electrons. The molecule has 2 heterocycles. The van der Waals surface area contributed by atoms with Gasteiger partial charge in [-0.25, -0.2) is 0 Å². The smallest absolute Gasteiger partial charge is 0.0810 e. The molecule has 0 radical (unpaired) electrons. The molecule has 0 aromatic carbocycles. The number of nitrogens with two attached hydrogens (primary N) is 2. The first-order chi connectivity index (χ1) is 13.8. The van der Waals surface area contributed by atoms with Crippen LogP contribution in [0.1, 0.15) is 64.7 Å². The molecular weight excluding hydrogens is 350 g/mol. The van der Waals surface area contributed by atoms with Crippen molar-refractivity contribution in [2.75, 3.05) is 72.1 Å². The molecule has 0 aliphatic carbocycles. The van der Waals surface area contributed by atoms with Crippen LogP contribution in [0.25, 0.3) is 0 Å². The van der Waals surface area contributed by atoms with Crippen LogP contribution in [0.4, 0.5) is 0 Å². The van der Waals surface area contributed by atoms with Gasteiger partial charge in [0.2, 0.25) is 0 Å². The largest absolute Gasteiger partial charge is 0.373 e. The molecule has 5 N–H and O–H groups in total. The van der Waals surface area contributed by atoms with Crippen molar-refractivity contribution in [2.45, 2.75) is 70.8 Å². The molecule has 1 atom stereocenters. The van der Waals surface area contributed by atoms with Crippen molar-refractivity contribution in [2.24, 2.45) is 11.5 Å². The molecule has 0 saturated carbocycles. The highest BCUT2D eigenvalue weighted by atomic mass is 16.6. The van der Waals surface area contributed by atoms with Crippen LogP contribution in [0.5, 0.6) is 0 Å². The second-order valence-corrected chi connectivity index (χ2v) is 8.23. The van der Waals surface area contributed by atoms with Crippen molar-refractivity contribution < 1.29 is 4.74 Å². The zero-order chi connectivity index (χ0) is 20.3. The summed E-state index contributed by atoms with van der Waals surface area (Å²) in [5, 5.41) is 3.32. The van der Waals surface area contributed by atoms with Gasteiger partial charge in [0.25, 0.3) is 0 Å². The van der Waals surface area contributed by atoms with Gasteiger partial charge in [-0.15, -0.1) is 0 Å². The number of ether oxygens (including phenoxy) is 1. The van der Waals surface area contributed by atoms with Crippen LogP contribution in [0.2, 0.25) is 0 Å². The van der Waals surface area contributed by atoms with E-state index in [1.165, 1.54) is 70.9 Å². The van der Waals surface area contributed by atoms with E-state index in [-0.39, 0.29) is 0 Å². The maximum atomic E-state index is 5.53. The number of hydrogen-bond donors (Lipinski definition) is 3. The fraction of sp³-hybridized carbons (Fsp3) is 1.00. The highest BCUT2D eigenvalue weighted by Crippen LogP contribution is 2.18. The molecule has 0 aromatic heterocycles. The summed E-state index contributed by atoms with van der Waals surface area (Å²) in [4.78, 5) is 4.93. The van der Waals surface area contributed by atoms with Gasteiger partial charge in [0.05, 0.1) is 12.7 Å². The van der Waals surface area contributed by atoms with Gasteiger partial charge in [-0.3, -0.25) is 9.80 Å². The second-order valence-electron chi connectivity index (χ2n) is 8.23. The van der Waals surface area contributed by atoms with Gasteiger partial charge in [-0.2, -0.15) is 0 Å². The van der Waals surface area contributed by atoms with Gasteiger partial charge in [-0.1, -0.05) is 58.3 Å². The minimum atomic E-state index is 0.653. The van der Waals surface area contributed by atoms with Crippen molar-refractivity contribution in [3.63, 3.8) is 0 Å². The van der Waals surface area contributed by atoms with E-state index in [2.05, 4.69) is 22.0 Å². The van der Waals surface area contributed by atoms with Gasteiger partial charge >= 0.3 is 0 Å². The Kier molecular flexibility index (Phi) is 17.3. The van der Waals surface area contributed by atoms with Gasteiger partial charge in [0.1, 0.15) is 0 Å². The number of rotatable bonds is 16. The SMILES string of the molecule is CCCCCCCCCCC1CO1.NCCNCCN1CCN(CCN)CC1. The summed E-state index contributed by atoms with van der Waals surface area (Å²) in [6.07, 6.45) is 13.4. The highest BCUT2D eigenvalue weighted by Gasteiger charge is 2.20. The predicted octanol–water partition coefficient (Wildman–Crippen LogP) is 2.03. The molecule has 28 heavy (non-hydrogen) atoms. The lowest BCUT2D eigenvalue weighted by Crippen LogP contribution is -2.49. The van der Waals surface area contributed by atoms with E-state index in [1.54, 1.807) is 0 Å². The first kappa shape index (κ1) is 25.8. The van der Waals surface area contributed by atoms with Crippen molar-refractivity contribution in [3.05, 3.63) is 0 Å². The number of epoxide rings is 1. The van der Waals surface area contributed by atoms with Crippen molar-refractivity contribution in [1.29, 1.82) is 0 Å². The van der Waals surface area contributed by atoms with Crippen molar-refractivity contribution >= 4 is 0 Å². The highest BCUT2D eigenvalue weighted by molar-refractivity contribution is 4.72. The van der Waals surface area contributed by atoms with Crippen molar-refractivity contribution in [1.82, 2.24) is 15.1 Å². The topological polar surface area (TPSA) is 83.1 Å². The lowest BCUT2D eigenvalue weighted by atomic mass is 10.1. The van der Waals surface area contributed by atoms with Crippen LogP contribution < -0.4 is 16.8 Å². The van der Waals surface area contributed by atoms with Crippen LogP contribution in [0.3, 0.4) is 0 Å². The van der Waals surface area contributed by atoms with Crippen LogP contribution in [-0.4, -0.2) is 88.0 Å². The zero-order valence-electron chi connectivity index (χ0n) is 18.7. The van der Waals surface area contributed by atoms with Crippen molar-refractivity contribution in [3.8, 4) is 0 Å². The van der Waals surface area contributed by atoms with Gasteiger partial charge < -0.3 is 21.5 Å². The Hall–Kier alpha value is -0.240. The zero-order valence-corrected chi connectivity index (χ0v) is 18.7. The third kappa shape index (κ3) is 15.7. The number of piperazine rings is 1. The average Bonchev–Trinajstić information content (AvgIpc) is 3.54. The molecule has 2 rings (SSSR count). The molecule has 0 spiro atoms. The number of nitrogens with zero attached hydrogens (tertiary/aromatic N) is 2. The third-order valence-electron chi connectivity index (χ3n) is 5.62. The van der Waals surface area contributed by atoms with E-state index in [1.807, 2.05) is 0 Å². The molecule has 6 heteroatoms. The summed E-state index contributed by atoms with van der Waals surface area (Å²) < 4.78 is 5.17. The second kappa shape index (κ2) is 18.8. The Bertz CT molecular complexity index is 317. The molecule has 2 saturated heterocycles. The Balaban J connectivity index is 0.000000283. The predicted molar refractivity (Wildman–Crippen MR) is 121 cm³/mol. The minimum Gasteiger partial charge on any atom is -0.373 e. The first-order valence-corrected chi connectivity index (χ1v) is 12.0. The number of nitrogens with one attached hydrogen (secondary N) is 1.